The molecule has 0 aliphatic rings. The van der Waals surface area contributed by atoms with Crippen LogP contribution in [0.15, 0.2) is 79.1 Å². The second-order valence-electron chi connectivity index (χ2n) is 7.33. The Balaban J connectivity index is 1.47. The van der Waals surface area contributed by atoms with E-state index >= 15 is 0 Å². The van der Waals surface area contributed by atoms with E-state index in [2.05, 4.69) is 25.6 Å². The van der Waals surface area contributed by atoms with E-state index < -0.39 is 5.82 Å². The van der Waals surface area contributed by atoms with Gasteiger partial charge in [0.2, 0.25) is 0 Å². The van der Waals surface area contributed by atoms with E-state index in [1.807, 2.05) is 65.3 Å². The quantitative estimate of drug-likeness (QED) is 0.470. The van der Waals surface area contributed by atoms with Gasteiger partial charge in [0.25, 0.3) is 0 Å². The van der Waals surface area contributed by atoms with Crippen molar-refractivity contribution in [2.45, 2.75) is 6.54 Å². The maximum Gasteiger partial charge on any atom is 0.153 e. The SMILES string of the molecule is Fc1cc(-c2ccnn2Cc2ccccc2)cc2c1nnn2-c1ccc2cn[nH]c2c1. The lowest BCUT2D eigenvalue weighted by Gasteiger charge is -2.09. The van der Waals surface area contributed by atoms with E-state index in [1.54, 1.807) is 17.1 Å². The summed E-state index contributed by atoms with van der Waals surface area (Å²) >= 11 is 0. The van der Waals surface area contributed by atoms with Crippen molar-refractivity contribution in [3.8, 4) is 16.9 Å². The Morgan fingerprint density at radius 1 is 0.968 bits per heavy atom. The number of fused-ring (bicyclic) bond motifs is 2. The Morgan fingerprint density at radius 3 is 2.77 bits per heavy atom. The predicted molar refractivity (Wildman–Crippen MR) is 115 cm³/mol. The fourth-order valence-electron chi connectivity index (χ4n) is 3.84. The third kappa shape index (κ3) is 2.96. The number of aromatic nitrogens is 7. The Bertz CT molecular complexity index is 1530. The van der Waals surface area contributed by atoms with E-state index in [0.29, 0.717) is 17.6 Å². The van der Waals surface area contributed by atoms with Gasteiger partial charge in [0.15, 0.2) is 5.82 Å². The second-order valence-corrected chi connectivity index (χ2v) is 7.33. The molecule has 0 aliphatic carbocycles. The third-order valence-electron chi connectivity index (χ3n) is 5.36. The molecular formula is C23H16FN7. The molecule has 1 N–H and O–H groups in total. The standard InChI is InChI=1S/C23H16FN7/c24-19-10-17(21-8-9-26-30(21)14-15-4-2-1-3-5-15)11-22-23(19)28-29-31(22)18-7-6-16-13-25-27-20(16)12-18/h1-13H,14H2,(H,25,27). The fraction of sp³-hybridized carbons (Fsp3) is 0.0435. The minimum Gasteiger partial charge on any atom is -0.278 e. The molecule has 0 saturated carbocycles. The summed E-state index contributed by atoms with van der Waals surface area (Å²) < 4.78 is 18.5. The van der Waals surface area contributed by atoms with Crippen LogP contribution in [0.3, 0.4) is 0 Å². The molecule has 0 unspecified atom stereocenters. The van der Waals surface area contributed by atoms with Crippen molar-refractivity contribution in [2.75, 3.05) is 0 Å². The molecule has 0 fully saturated rings. The van der Waals surface area contributed by atoms with Crippen molar-refractivity contribution in [1.29, 1.82) is 0 Å². The molecule has 0 bridgehead atoms. The molecule has 0 radical (unpaired) electrons. The number of H-pyrrole nitrogens is 1. The first-order valence-corrected chi connectivity index (χ1v) is 9.81. The van der Waals surface area contributed by atoms with Gasteiger partial charge < -0.3 is 0 Å². The van der Waals surface area contributed by atoms with E-state index in [9.17, 15) is 4.39 Å². The van der Waals surface area contributed by atoms with E-state index in [0.717, 1.165) is 27.8 Å². The van der Waals surface area contributed by atoms with Gasteiger partial charge >= 0.3 is 0 Å². The first-order chi connectivity index (χ1) is 15.3. The van der Waals surface area contributed by atoms with E-state index in [1.165, 1.54) is 6.07 Å². The van der Waals surface area contributed by atoms with Crippen molar-refractivity contribution < 1.29 is 4.39 Å². The van der Waals surface area contributed by atoms with Gasteiger partial charge in [-0.15, -0.1) is 5.10 Å². The molecule has 0 aliphatic heterocycles. The molecule has 6 aromatic rings. The largest absolute Gasteiger partial charge is 0.278 e. The molecule has 0 spiro atoms. The van der Waals surface area contributed by atoms with Gasteiger partial charge in [0.1, 0.15) is 5.52 Å². The van der Waals surface area contributed by atoms with Crippen LogP contribution in [-0.4, -0.2) is 35.0 Å². The van der Waals surface area contributed by atoms with Crippen LogP contribution in [0.4, 0.5) is 4.39 Å². The molecule has 3 aromatic heterocycles. The number of nitrogens with zero attached hydrogens (tertiary/aromatic N) is 6. The van der Waals surface area contributed by atoms with Crippen molar-refractivity contribution >= 4 is 21.9 Å². The molecule has 0 saturated heterocycles. The molecule has 31 heavy (non-hydrogen) atoms. The zero-order valence-corrected chi connectivity index (χ0v) is 16.3. The fourth-order valence-corrected chi connectivity index (χ4v) is 3.84. The van der Waals surface area contributed by atoms with Crippen LogP contribution in [0.5, 0.6) is 0 Å². The summed E-state index contributed by atoms with van der Waals surface area (Å²) in [5, 5.41) is 20.7. The van der Waals surface area contributed by atoms with Crippen molar-refractivity contribution in [2.24, 2.45) is 0 Å². The van der Waals surface area contributed by atoms with Gasteiger partial charge in [0.05, 0.1) is 35.2 Å². The maximum absolute atomic E-state index is 15.0. The Kier molecular flexibility index (Phi) is 3.89. The van der Waals surface area contributed by atoms with Gasteiger partial charge in [0, 0.05) is 17.1 Å². The van der Waals surface area contributed by atoms with Crippen LogP contribution in [-0.2, 0) is 6.54 Å². The summed E-state index contributed by atoms with van der Waals surface area (Å²) in [4.78, 5) is 0. The number of halogens is 1. The number of hydrogen-bond donors (Lipinski definition) is 1. The molecule has 7 nitrogen and oxygen atoms in total. The lowest BCUT2D eigenvalue weighted by atomic mass is 10.1. The normalized spacial score (nSPS) is 11.5. The average Bonchev–Trinajstić information content (AvgIpc) is 3.53. The average molecular weight is 409 g/mol. The minimum absolute atomic E-state index is 0.225. The minimum atomic E-state index is -0.422. The third-order valence-corrected chi connectivity index (χ3v) is 5.36. The highest BCUT2D eigenvalue weighted by Crippen LogP contribution is 2.28. The lowest BCUT2D eigenvalue weighted by molar-refractivity contribution is 0.635. The Labute approximate surface area is 175 Å². The van der Waals surface area contributed by atoms with Crippen molar-refractivity contribution in [3.05, 3.63) is 90.5 Å². The van der Waals surface area contributed by atoms with E-state index in [-0.39, 0.29) is 5.52 Å². The van der Waals surface area contributed by atoms with Gasteiger partial charge in [-0.2, -0.15) is 10.2 Å². The monoisotopic (exact) mass is 409 g/mol. The zero-order chi connectivity index (χ0) is 20.8. The number of benzene rings is 3. The van der Waals surface area contributed by atoms with E-state index in [4.69, 9.17) is 0 Å². The van der Waals surface area contributed by atoms with Crippen LogP contribution in [0.25, 0.3) is 38.9 Å². The predicted octanol–water partition coefficient (Wildman–Crippen LogP) is 4.35. The number of hydrogen-bond acceptors (Lipinski definition) is 4. The lowest BCUT2D eigenvalue weighted by Crippen LogP contribution is -2.04. The molecule has 3 heterocycles. The molecule has 6 rings (SSSR count). The number of rotatable bonds is 4. The molecule has 3 aromatic carbocycles. The summed E-state index contributed by atoms with van der Waals surface area (Å²) in [5.74, 6) is -0.422. The molecule has 150 valence electrons. The van der Waals surface area contributed by atoms with Crippen molar-refractivity contribution in [3.63, 3.8) is 0 Å². The summed E-state index contributed by atoms with van der Waals surface area (Å²) in [6, 6.07) is 21.1. The van der Waals surface area contributed by atoms with Crippen LogP contribution in [0.2, 0.25) is 0 Å². The van der Waals surface area contributed by atoms with Crippen LogP contribution in [0.1, 0.15) is 5.56 Å². The van der Waals surface area contributed by atoms with Crippen LogP contribution >= 0.6 is 0 Å². The van der Waals surface area contributed by atoms with Crippen LogP contribution in [0, 0.1) is 5.82 Å². The second kappa shape index (κ2) is 6.88. The molecular weight excluding hydrogens is 393 g/mol. The summed E-state index contributed by atoms with van der Waals surface area (Å²) in [6.07, 6.45) is 3.48. The summed E-state index contributed by atoms with van der Waals surface area (Å²) in [7, 11) is 0. The number of aromatic amines is 1. The Morgan fingerprint density at radius 2 is 1.87 bits per heavy atom. The topological polar surface area (TPSA) is 77.2 Å². The first kappa shape index (κ1) is 17.5. The Hall–Kier alpha value is -4.33. The van der Waals surface area contributed by atoms with Gasteiger partial charge in [-0.05, 0) is 42.0 Å². The molecule has 8 heteroatoms. The molecule has 0 amide bonds. The highest BCUT2D eigenvalue weighted by molar-refractivity contribution is 5.85. The van der Waals surface area contributed by atoms with Crippen molar-refractivity contribution in [1.82, 2.24) is 35.0 Å². The smallest absolute Gasteiger partial charge is 0.153 e. The first-order valence-electron chi connectivity index (χ1n) is 9.81. The van der Waals surface area contributed by atoms with Gasteiger partial charge in [-0.3, -0.25) is 9.78 Å². The summed E-state index contributed by atoms with van der Waals surface area (Å²) in [6.45, 7) is 0.594. The highest BCUT2D eigenvalue weighted by Gasteiger charge is 2.16. The maximum atomic E-state index is 15.0. The number of nitrogens with one attached hydrogen (secondary N) is 1. The van der Waals surface area contributed by atoms with Gasteiger partial charge in [-0.1, -0.05) is 35.5 Å². The summed E-state index contributed by atoms with van der Waals surface area (Å²) in [5.41, 5.74) is 5.11. The molecule has 0 atom stereocenters. The highest BCUT2D eigenvalue weighted by atomic mass is 19.1. The van der Waals surface area contributed by atoms with Gasteiger partial charge in [-0.25, -0.2) is 9.07 Å². The zero-order valence-electron chi connectivity index (χ0n) is 16.3. The van der Waals surface area contributed by atoms with Crippen LogP contribution < -0.4 is 0 Å².